The highest BCUT2D eigenvalue weighted by Gasteiger charge is 2.66. The van der Waals surface area contributed by atoms with Crippen LogP contribution in [0.4, 0.5) is 8.78 Å². The lowest BCUT2D eigenvalue weighted by atomic mass is 9.43. The summed E-state index contributed by atoms with van der Waals surface area (Å²) in [6, 6.07) is 0.0261. The Balaban J connectivity index is 1.26. The molecule has 242 valence electrons. The van der Waals surface area contributed by atoms with Gasteiger partial charge in [0, 0.05) is 25.4 Å². The van der Waals surface area contributed by atoms with E-state index in [4.69, 9.17) is 0 Å². The maximum Gasteiger partial charge on any atom is 0.274 e. The minimum absolute atomic E-state index is 0.0166. The molecule has 5 saturated carbocycles. The maximum absolute atomic E-state index is 14.8. The summed E-state index contributed by atoms with van der Waals surface area (Å²) >= 11 is 0. The molecule has 0 aliphatic heterocycles. The van der Waals surface area contributed by atoms with Crippen LogP contribution < -0.4 is 0 Å². The van der Waals surface area contributed by atoms with Gasteiger partial charge in [0.05, 0.1) is 11.9 Å². The molecule has 5 fully saturated rings. The lowest BCUT2D eigenvalue weighted by Crippen LogP contribution is -2.62. The van der Waals surface area contributed by atoms with E-state index < -0.39 is 39.4 Å². The first-order valence-electron chi connectivity index (χ1n) is 16.6. The van der Waals surface area contributed by atoms with Crippen molar-refractivity contribution in [3.8, 4) is 0 Å². The Labute approximate surface area is 250 Å². The molecule has 10 atom stereocenters. The van der Waals surface area contributed by atoms with Crippen LogP contribution in [0.1, 0.15) is 111 Å². The van der Waals surface area contributed by atoms with E-state index in [2.05, 4.69) is 13.8 Å². The van der Waals surface area contributed by atoms with Gasteiger partial charge in [-0.3, -0.25) is 9.35 Å². The van der Waals surface area contributed by atoms with Crippen LogP contribution in [0.25, 0.3) is 0 Å². The zero-order valence-corrected chi connectivity index (χ0v) is 26.5. The summed E-state index contributed by atoms with van der Waals surface area (Å²) in [6.07, 6.45) is 7.67. The van der Waals surface area contributed by atoms with Crippen LogP contribution in [0.15, 0.2) is 0 Å². The maximum atomic E-state index is 14.8. The summed E-state index contributed by atoms with van der Waals surface area (Å²) < 4.78 is 61.9. The highest BCUT2D eigenvalue weighted by atomic mass is 32.2. The fourth-order valence-electron chi connectivity index (χ4n) is 11.0. The number of fused-ring (bicyclic) bond motifs is 5. The van der Waals surface area contributed by atoms with Gasteiger partial charge in [-0.25, -0.2) is 8.78 Å². The van der Waals surface area contributed by atoms with Crippen molar-refractivity contribution in [3.63, 3.8) is 0 Å². The highest BCUT2D eigenvalue weighted by molar-refractivity contribution is 7.85. The van der Waals surface area contributed by atoms with E-state index in [1.165, 1.54) is 0 Å². The molecule has 0 aromatic heterocycles. The van der Waals surface area contributed by atoms with Crippen LogP contribution >= 0.6 is 0 Å². The molecule has 10 heteroatoms. The average Bonchev–Trinajstić information content (AvgIpc) is 3.26. The molecule has 0 spiro atoms. The number of aliphatic hydroxyl groups excluding tert-OH is 2. The molecule has 0 heterocycles. The molecule has 5 rings (SSSR count). The van der Waals surface area contributed by atoms with Gasteiger partial charge < -0.3 is 15.1 Å². The molecule has 3 N–H and O–H groups in total. The SMILES string of the molecule is C[C@H](CCC(=O)N(CCS(=O)(=O)O)C1CCCCC1)[C@H]1CC[C@H]2[C@@H]3[C@@H](O)C[C@@H]4C[C@@H](O)C(F)(F)C[C@]4(C)[C@H]3CC[C@]12C. The number of hydrogen-bond acceptors (Lipinski definition) is 5. The van der Waals surface area contributed by atoms with E-state index in [0.29, 0.717) is 25.2 Å². The van der Waals surface area contributed by atoms with Crippen LogP contribution in [0.3, 0.4) is 0 Å². The van der Waals surface area contributed by atoms with Gasteiger partial charge in [0.15, 0.2) is 0 Å². The Morgan fingerprint density at radius 2 is 1.64 bits per heavy atom. The molecule has 1 amide bonds. The van der Waals surface area contributed by atoms with Crippen LogP contribution in [-0.4, -0.2) is 70.5 Å². The molecule has 42 heavy (non-hydrogen) atoms. The Morgan fingerprint density at radius 1 is 0.976 bits per heavy atom. The van der Waals surface area contributed by atoms with Crippen molar-refractivity contribution < 1.29 is 36.8 Å². The summed E-state index contributed by atoms with van der Waals surface area (Å²) in [5, 5.41) is 21.6. The summed E-state index contributed by atoms with van der Waals surface area (Å²) in [5.41, 5.74) is -0.618. The molecular formula is C32H53F2NO6S. The Hall–Kier alpha value is -0.840. The predicted molar refractivity (Wildman–Crippen MR) is 156 cm³/mol. The summed E-state index contributed by atoms with van der Waals surface area (Å²) in [5.74, 6) is -2.79. The second-order valence-corrected chi connectivity index (χ2v) is 17.0. The number of amides is 1. The third kappa shape index (κ3) is 6.04. The normalized spacial score (nSPS) is 42.7. The van der Waals surface area contributed by atoms with Crippen LogP contribution in [0.5, 0.6) is 0 Å². The Kier molecular flexibility index (Phi) is 9.17. The third-order valence-corrected chi connectivity index (χ3v) is 13.9. The number of nitrogens with zero attached hydrogens (tertiary/aromatic N) is 1. The van der Waals surface area contributed by atoms with E-state index in [9.17, 15) is 36.8 Å². The largest absolute Gasteiger partial charge is 0.393 e. The van der Waals surface area contributed by atoms with Crippen molar-refractivity contribution in [3.05, 3.63) is 0 Å². The third-order valence-electron chi connectivity index (χ3n) is 13.2. The van der Waals surface area contributed by atoms with Gasteiger partial charge >= 0.3 is 0 Å². The van der Waals surface area contributed by atoms with Crippen LogP contribution in [0.2, 0.25) is 0 Å². The molecule has 5 aliphatic carbocycles. The number of hydrogen-bond donors (Lipinski definition) is 3. The minimum Gasteiger partial charge on any atom is -0.393 e. The van der Waals surface area contributed by atoms with Gasteiger partial charge in [-0.2, -0.15) is 8.42 Å². The van der Waals surface area contributed by atoms with Gasteiger partial charge in [0.2, 0.25) is 5.91 Å². The van der Waals surface area contributed by atoms with Gasteiger partial charge in [-0.05, 0) is 104 Å². The standard InChI is InChI=1S/C32H53F2NO6S/c1-20(9-12-28(38)35(15-16-42(39,40)41)22-7-5-4-6-8-22)23-10-11-24-29-25(13-14-30(23,24)2)31(3)19-32(33,34)27(37)18-21(31)17-26(29)36/h20-27,29,36-37H,4-19H2,1-3H3,(H,39,40,41)/t20-,21-,23-,24+,25+,26+,27-,29+,30-,31+/m1/s1. The quantitative estimate of drug-likeness (QED) is 0.302. The first-order valence-corrected chi connectivity index (χ1v) is 18.2. The zero-order chi connectivity index (χ0) is 30.7. The second-order valence-electron chi connectivity index (χ2n) is 15.4. The Morgan fingerprint density at radius 3 is 2.31 bits per heavy atom. The average molecular weight is 618 g/mol. The van der Waals surface area contributed by atoms with Crippen molar-refractivity contribution in [2.75, 3.05) is 12.3 Å². The number of carbonyl (C=O) groups excluding carboxylic acids is 1. The van der Waals surface area contributed by atoms with E-state index in [0.717, 1.165) is 57.8 Å². The summed E-state index contributed by atoms with van der Waals surface area (Å²) in [6.45, 7) is 6.55. The highest BCUT2D eigenvalue weighted by Crippen LogP contribution is 2.69. The number of alkyl halides is 2. The monoisotopic (exact) mass is 617 g/mol. The molecule has 5 aliphatic rings. The van der Waals surface area contributed by atoms with Gasteiger partial charge in [0.1, 0.15) is 6.10 Å². The molecule has 0 bridgehead atoms. The molecule has 0 radical (unpaired) electrons. The first kappa shape index (κ1) is 32.6. The summed E-state index contributed by atoms with van der Waals surface area (Å²) in [4.78, 5) is 15.2. The molecule has 0 aromatic carbocycles. The predicted octanol–water partition coefficient (Wildman–Crippen LogP) is 5.69. The molecule has 7 nitrogen and oxygen atoms in total. The molecule has 0 saturated heterocycles. The smallest absolute Gasteiger partial charge is 0.274 e. The topological polar surface area (TPSA) is 115 Å². The van der Waals surface area contributed by atoms with Crippen molar-refractivity contribution >= 4 is 16.0 Å². The lowest BCUT2D eigenvalue weighted by Gasteiger charge is -2.63. The number of rotatable bonds is 8. The van der Waals surface area contributed by atoms with E-state index in [1.807, 2.05) is 6.92 Å². The van der Waals surface area contributed by atoms with E-state index in [-0.39, 0.29) is 66.3 Å². The fourth-order valence-corrected chi connectivity index (χ4v) is 11.4. The van der Waals surface area contributed by atoms with E-state index >= 15 is 0 Å². The van der Waals surface area contributed by atoms with Crippen molar-refractivity contribution in [2.24, 2.45) is 46.3 Å². The summed E-state index contributed by atoms with van der Waals surface area (Å²) in [7, 11) is -4.16. The first-order chi connectivity index (χ1) is 19.6. The van der Waals surface area contributed by atoms with Crippen LogP contribution in [-0.2, 0) is 14.9 Å². The van der Waals surface area contributed by atoms with Gasteiger partial charge in [-0.15, -0.1) is 0 Å². The minimum atomic E-state index is -4.16. The number of carbonyl (C=O) groups is 1. The van der Waals surface area contributed by atoms with Crippen molar-refractivity contribution in [2.45, 2.75) is 135 Å². The molecular weight excluding hydrogens is 564 g/mol. The molecule has 0 unspecified atom stereocenters. The van der Waals surface area contributed by atoms with Crippen LogP contribution in [0, 0.1) is 46.3 Å². The number of aliphatic hydroxyl groups is 2. The lowest BCUT2D eigenvalue weighted by molar-refractivity contribution is -0.236. The fraction of sp³-hybridized carbons (Fsp3) is 0.969. The Bertz CT molecular complexity index is 1100. The van der Waals surface area contributed by atoms with Gasteiger partial charge in [-0.1, -0.05) is 40.0 Å². The second kappa shape index (κ2) is 11.8. The van der Waals surface area contributed by atoms with E-state index in [1.54, 1.807) is 4.90 Å². The molecule has 0 aromatic rings. The van der Waals surface area contributed by atoms with Crippen molar-refractivity contribution in [1.29, 1.82) is 0 Å². The number of halogens is 2. The van der Waals surface area contributed by atoms with Gasteiger partial charge in [0.25, 0.3) is 16.0 Å². The van der Waals surface area contributed by atoms with Crippen molar-refractivity contribution in [1.82, 2.24) is 4.90 Å². The zero-order valence-electron chi connectivity index (χ0n) is 25.7.